The highest BCUT2D eigenvalue weighted by Crippen LogP contribution is 2.28. The molecule has 6 nitrogen and oxygen atoms in total. The highest BCUT2D eigenvalue weighted by molar-refractivity contribution is 6.32. The van der Waals surface area contributed by atoms with Crippen LogP contribution in [0.2, 0.25) is 5.02 Å². The molecule has 0 saturated heterocycles. The lowest BCUT2D eigenvalue weighted by molar-refractivity contribution is 0.305. The number of fused-ring (bicyclic) bond motifs is 1. The van der Waals surface area contributed by atoms with Crippen molar-refractivity contribution in [3.63, 3.8) is 0 Å². The minimum atomic E-state index is 0.127. The molecule has 0 radical (unpaired) electrons. The summed E-state index contributed by atoms with van der Waals surface area (Å²) >= 11 is 6.01. The largest absolute Gasteiger partial charge is 0.506 e. The molecule has 1 heterocycles. The van der Waals surface area contributed by atoms with E-state index in [-0.39, 0.29) is 5.75 Å². The Morgan fingerprint density at radius 2 is 1.86 bits per heavy atom. The third kappa shape index (κ3) is 5.10. The van der Waals surface area contributed by atoms with Gasteiger partial charge in [-0.25, -0.2) is 9.97 Å². The summed E-state index contributed by atoms with van der Waals surface area (Å²) in [5.74, 6) is 1.72. The molecule has 7 heteroatoms. The van der Waals surface area contributed by atoms with Gasteiger partial charge in [0.2, 0.25) is 0 Å². The van der Waals surface area contributed by atoms with Gasteiger partial charge in [0.1, 0.15) is 17.4 Å². The zero-order chi connectivity index (χ0) is 19.9. The van der Waals surface area contributed by atoms with E-state index in [0.717, 1.165) is 47.6 Å². The Balaban J connectivity index is 1.77. The number of aromatic hydroxyl groups is 1. The summed E-state index contributed by atoms with van der Waals surface area (Å²) in [5, 5.41) is 18.1. The predicted octanol–water partition coefficient (Wildman–Crippen LogP) is 3.64. The number of phenols is 1. The molecule has 1 aromatic heterocycles. The summed E-state index contributed by atoms with van der Waals surface area (Å²) < 4.78 is 0. The van der Waals surface area contributed by atoms with Crippen LogP contribution < -0.4 is 10.6 Å². The minimum absolute atomic E-state index is 0.127. The van der Waals surface area contributed by atoms with Gasteiger partial charge in [-0.2, -0.15) is 0 Å². The van der Waals surface area contributed by atoms with Crippen molar-refractivity contribution in [2.75, 3.05) is 32.5 Å². The maximum Gasteiger partial charge on any atom is 0.145 e. The first-order chi connectivity index (χ1) is 13.6. The Bertz CT molecular complexity index is 934. The van der Waals surface area contributed by atoms with Gasteiger partial charge in [-0.15, -0.1) is 0 Å². The number of aromatic nitrogens is 2. The summed E-state index contributed by atoms with van der Waals surface area (Å²) in [4.78, 5) is 11.5. The molecule has 3 N–H and O–H groups in total. The zero-order valence-electron chi connectivity index (χ0n) is 16.2. The van der Waals surface area contributed by atoms with E-state index in [1.807, 2.05) is 50.5 Å². The highest BCUT2D eigenvalue weighted by Gasteiger charge is 2.12. The van der Waals surface area contributed by atoms with E-state index in [1.165, 1.54) is 0 Å². The fourth-order valence-electron chi connectivity index (χ4n) is 3.08. The molecular weight excluding hydrogens is 374 g/mol. The first-order valence-corrected chi connectivity index (χ1v) is 9.75. The number of hydrogen-bond acceptors (Lipinski definition) is 6. The first-order valence-electron chi connectivity index (χ1n) is 9.37. The van der Waals surface area contributed by atoms with E-state index in [9.17, 15) is 5.11 Å². The van der Waals surface area contributed by atoms with Crippen LogP contribution in [0.1, 0.15) is 17.8 Å². The zero-order valence-corrected chi connectivity index (χ0v) is 17.0. The van der Waals surface area contributed by atoms with Crippen LogP contribution >= 0.6 is 11.6 Å². The van der Waals surface area contributed by atoms with E-state index in [4.69, 9.17) is 21.6 Å². The first kappa shape index (κ1) is 20.3. The molecule has 0 unspecified atom stereocenters. The molecule has 0 fully saturated rings. The molecule has 2 aromatic carbocycles. The Morgan fingerprint density at radius 3 is 2.68 bits per heavy atom. The smallest absolute Gasteiger partial charge is 0.145 e. The van der Waals surface area contributed by atoms with E-state index in [2.05, 4.69) is 15.5 Å². The molecule has 0 saturated carbocycles. The number of nitrogens with one attached hydrogen (secondary N) is 2. The fourth-order valence-corrected chi connectivity index (χ4v) is 3.27. The standard InChI is InChI=1S/C21H26ClN5O/c1-23-11-6-12-24-21-16-8-3-4-10-18(16)25-19(26-21)14-27(2)13-15-7-5-9-17(22)20(15)28/h3-5,7-10,23,28H,6,11-14H2,1-2H3,(H,24,25,26). The molecule has 0 amide bonds. The van der Waals surface area contributed by atoms with E-state index < -0.39 is 0 Å². The van der Waals surface area contributed by atoms with Gasteiger partial charge in [-0.05, 0) is 45.3 Å². The molecule has 0 aliphatic rings. The van der Waals surface area contributed by atoms with Crippen LogP contribution in [0, 0.1) is 0 Å². The summed E-state index contributed by atoms with van der Waals surface area (Å²) in [5.41, 5.74) is 1.70. The summed E-state index contributed by atoms with van der Waals surface area (Å²) in [7, 11) is 3.92. The molecule has 3 rings (SSSR count). The van der Waals surface area contributed by atoms with Crippen molar-refractivity contribution in [2.45, 2.75) is 19.5 Å². The van der Waals surface area contributed by atoms with Crippen LogP contribution in [-0.2, 0) is 13.1 Å². The van der Waals surface area contributed by atoms with Crippen LogP contribution in [-0.4, -0.2) is 47.2 Å². The Hall–Kier alpha value is -2.41. The second-order valence-corrected chi connectivity index (χ2v) is 7.22. The van der Waals surface area contributed by atoms with Crippen LogP contribution in [0.15, 0.2) is 42.5 Å². The molecule has 3 aromatic rings. The van der Waals surface area contributed by atoms with Gasteiger partial charge >= 0.3 is 0 Å². The van der Waals surface area contributed by atoms with Crippen molar-refractivity contribution in [2.24, 2.45) is 0 Å². The highest BCUT2D eigenvalue weighted by atomic mass is 35.5. The van der Waals surface area contributed by atoms with Gasteiger partial charge in [0.15, 0.2) is 0 Å². The topological polar surface area (TPSA) is 73.3 Å². The van der Waals surface area contributed by atoms with Crippen LogP contribution in [0.5, 0.6) is 5.75 Å². The average Bonchev–Trinajstić information content (AvgIpc) is 2.68. The maximum atomic E-state index is 10.1. The Kier molecular flexibility index (Phi) is 7.03. The maximum absolute atomic E-state index is 10.1. The predicted molar refractivity (Wildman–Crippen MR) is 115 cm³/mol. The van der Waals surface area contributed by atoms with Gasteiger partial charge in [0.25, 0.3) is 0 Å². The SMILES string of the molecule is CNCCCNc1nc(CN(C)Cc2cccc(Cl)c2O)nc2ccccc12. The van der Waals surface area contributed by atoms with Crippen LogP contribution in [0.4, 0.5) is 5.82 Å². The van der Waals surface area contributed by atoms with Crippen molar-refractivity contribution >= 4 is 28.3 Å². The summed E-state index contributed by atoms with van der Waals surface area (Å²) in [6, 6.07) is 13.4. The van der Waals surface area contributed by atoms with Gasteiger partial charge in [-0.1, -0.05) is 35.9 Å². The van der Waals surface area contributed by atoms with Crippen molar-refractivity contribution in [3.8, 4) is 5.75 Å². The number of para-hydroxylation sites is 2. The van der Waals surface area contributed by atoms with Crippen molar-refractivity contribution in [1.29, 1.82) is 0 Å². The molecule has 0 aliphatic carbocycles. The van der Waals surface area contributed by atoms with E-state index >= 15 is 0 Å². The molecule has 0 aliphatic heterocycles. The summed E-state index contributed by atoms with van der Waals surface area (Å²) in [6.45, 7) is 2.90. The van der Waals surface area contributed by atoms with Gasteiger partial charge < -0.3 is 15.7 Å². The third-order valence-electron chi connectivity index (χ3n) is 4.47. The summed E-state index contributed by atoms with van der Waals surface area (Å²) in [6.07, 6.45) is 1.01. The lowest BCUT2D eigenvalue weighted by atomic mass is 10.2. The minimum Gasteiger partial charge on any atom is -0.506 e. The van der Waals surface area contributed by atoms with Crippen LogP contribution in [0.3, 0.4) is 0 Å². The number of rotatable bonds is 9. The van der Waals surface area contributed by atoms with Crippen LogP contribution in [0.25, 0.3) is 10.9 Å². The molecular formula is C21H26ClN5O. The normalized spacial score (nSPS) is 11.3. The molecule has 148 valence electrons. The Labute approximate surface area is 170 Å². The average molecular weight is 400 g/mol. The van der Waals surface area contributed by atoms with Gasteiger partial charge in [-0.3, -0.25) is 4.90 Å². The fraction of sp³-hybridized carbons (Fsp3) is 0.333. The van der Waals surface area contributed by atoms with E-state index in [0.29, 0.717) is 18.1 Å². The van der Waals surface area contributed by atoms with Crippen molar-refractivity contribution < 1.29 is 5.11 Å². The number of benzene rings is 2. The molecule has 0 bridgehead atoms. The third-order valence-corrected chi connectivity index (χ3v) is 4.77. The number of phenolic OH excluding ortho intramolecular Hbond substituents is 1. The number of anilines is 1. The lowest BCUT2D eigenvalue weighted by Crippen LogP contribution is -2.20. The molecule has 0 atom stereocenters. The monoisotopic (exact) mass is 399 g/mol. The number of hydrogen-bond donors (Lipinski definition) is 3. The number of nitrogens with zero attached hydrogens (tertiary/aromatic N) is 3. The van der Waals surface area contributed by atoms with E-state index in [1.54, 1.807) is 6.07 Å². The second-order valence-electron chi connectivity index (χ2n) is 6.81. The van der Waals surface area contributed by atoms with Crippen molar-refractivity contribution in [1.82, 2.24) is 20.2 Å². The number of halogens is 1. The molecule has 28 heavy (non-hydrogen) atoms. The van der Waals surface area contributed by atoms with Crippen molar-refractivity contribution in [3.05, 3.63) is 58.9 Å². The quantitative estimate of drug-likeness (QED) is 0.477. The second kappa shape index (κ2) is 9.68. The van der Waals surface area contributed by atoms with Gasteiger partial charge in [0, 0.05) is 24.0 Å². The lowest BCUT2D eigenvalue weighted by Gasteiger charge is -2.18. The van der Waals surface area contributed by atoms with Gasteiger partial charge in [0.05, 0.1) is 17.1 Å². The molecule has 0 spiro atoms. The Morgan fingerprint density at radius 1 is 1.04 bits per heavy atom.